The normalized spacial score (nSPS) is 18.2. The molecule has 0 radical (unpaired) electrons. The molecule has 1 aromatic carbocycles. The number of fused-ring (bicyclic) bond motifs is 1. The summed E-state index contributed by atoms with van der Waals surface area (Å²) in [6.07, 6.45) is 5.88. The number of nitrogens with one attached hydrogen (secondary N) is 1. The molecule has 1 aliphatic heterocycles. The Morgan fingerprint density at radius 3 is 2.79 bits per heavy atom. The predicted molar refractivity (Wildman–Crippen MR) is 80.4 cm³/mol. The van der Waals surface area contributed by atoms with Crippen molar-refractivity contribution in [2.75, 3.05) is 26.2 Å². The fraction of sp³-hybridized carbons (Fsp3) is 0.500. The van der Waals surface area contributed by atoms with Crippen LogP contribution in [-0.4, -0.2) is 36.1 Å². The first-order chi connectivity index (χ1) is 9.38. The molecule has 19 heavy (non-hydrogen) atoms. The van der Waals surface area contributed by atoms with Crippen LogP contribution in [0.1, 0.15) is 30.7 Å². The minimum absolute atomic E-state index is 0.713. The van der Waals surface area contributed by atoms with Crippen LogP contribution in [-0.2, 0) is 0 Å². The molecule has 0 atom stereocenters. The molecule has 102 valence electrons. The van der Waals surface area contributed by atoms with Crippen molar-refractivity contribution in [1.29, 1.82) is 0 Å². The molecule has 3 rings (SSSR count). The lowest BCUT2D eigenvalue weighted by atomic mass is 9.89. The van der Waals surface area contributed by atoms with E-state index in [0.29, 0.717) is 5.92 Å². The number of piperidine rings is 1. The summed E-state index contributed by atoms with van der Waals surface area (Å²) in [6.45, 7) is 4.40. The number of benzene rings is 1. The molecule has 3 nitrogen and oxygen atoms in total. The second-order valence-electron chi connectivity index (χ2n) is 5.55. The quantitative estimate of drug-likeness (QED) is 0.884. The molecule has 1 saturated heterocycles. The molecule has 0 amide bonds. The lowest BCUT2D eigenvalue weighted by molar-refractivity contribution is 0.212. The maximum atomic E-state index is 5.58. The Hall–Kier alpha value is -1.32. The van der Waals surface area contributed by atoms with Crippen LogP contribution in [0.15, 0.2) is 30.5 Å². The first-order valence-corrected chi connectivity index (χ1v) is 7.37. The molecule has 1 aliphatic rings. The van der Waals surface area contributed by atoms with Gasteiger partial charge < -0.3 is 15.6 Å². The molecule has 2 heterocycles. The first kappa shape index (κ1) is 12.7. The number of hydrogen-bond donors (Lipinski definition) is 2. The largest absolute Gasteiger partial charge is 0.361 e. The third kappa shape index (κ3) is 2.67. The summed E-state index contributed by atoms with van der Waals surface area (Å²) in [5.41, 5.74) is 8.36. The van der Waals surface area contributed by atoms with Crippen molar-refractivity contribution in [2.24, 2.45) is 5.73 Å². The number of H-pyrrole nitrogens is 1. The summed E-state index contributed by atoms with van der Waals surface area (Å²) in [5, 5.41) is 1.41. The average Bonchev–Trinajstić information content (AvgIpc) is 2.90. The van der Waals surface area contributed by atoms with Gasteiger partial charge in [0.2, 0.25) is 0 Å². The topological polar surface area (TPSA) is 45.0 Å². The lowest BCUT2D eigenvalue weighted by Crippen LogP contribution is -2.34. The van der Waals surface area contributed by atoms with Gasteiger partial charge >= 0.3 is 0 Å². The number of hydrogen-bond acceptors (Lipinski definition) is 2. The van der Waals surface area contributed by atoms with E-state index in [-0.39, 0.29) is 0 Å². The molecule has 0 spiro atoms. The van der Waals surface area contributed by atoms with E-state index >= 15 is 0 Å². The van der Waals surface area contributed by atoms with Crippen molar-refractivity contribution >= 4 is 10.9 Å². The highest BCUT2D eigenvalue weighted by Crippen LogP contribution is 2.32. The van der Waals surface area contributed by atoms with E-state index in [2.05, 4.69) is 40.3 Å². The average molecular weight is 257 g/mol. The summed E-state index contributed by atoms with van der Waals surface area (Å²) < 4.78 is 0. The monoisotopic (exact) mass is 257 g/mol. The van der Waals surface area contributed by atoms with Crippen molar-refractivity contribution in [3.05, 3.63) is 36.0 Å². The van der Waals surface area contributed by atoms with Crippen LogP contribution in [0.25, 0.3) is 10.9 Å². The zero-order chi connectivity index (χ0) is 13.1. The van der Waals surface area contributed by atoms with Crippen LogP contribution in [0.5, 0.6) is 0 Å². The molecule has 0 bridgehead atoms. The molecule has 2 aromatic rings. The van der Waals surface area contributed by atoms with Crippen LogP contribution in [0.3, 0.4) is 0 Å². The van der Waals surface area contributed by atoms with Crippen LogP contribution in [0, 0.1) is 0 Å². The Labute approximate surface area is 114 Å². The van der Waals surface area contributed by atoms with Crippen LogP contribution in [0.4, 0.5) is 0 Å². The van der Waals surface area contributed by atoms with Gasteiger partial charge in [-0.2, -0.15) is 0 Å². The second kappa shape index (κ2) is 5.76. The number of nitrogens with zero attached hydrogens (tertiary/aromatic N) is 1. The van der Waals surface area contributed by atoms with Gasteiger partial charge in [0, 0.05) is 17.1 Å². The van der Waals surface area contributed by atoms with E-state index in [0.717, 1.165) is 19.5 Å². The molecule has 3 heteroatoms. The SMILES string of the molecule is NCCCN1CCC(c2c[nH]c3ccccc23)CC1. The van der Waals surface area contributed by atoms with E-state index < -0.39 is 0 Å². The minimum atomic E-state index is 0.713. The maximum Gasteiger partial charge on any atom is 0.0456 e. The summed E-state index contributed by atoms with van der Waals surface area (Å²) in [6, 6.07) is 8.63. The Morgan fingerprint density at radius 2 is 2.00 bits per heavy atom. The zero-order valence-electron chi connectivity index (χ0n) is 11.4. The first-order valence-electron chi connectivity index (χ1n) is 7.37. The second-order valence-corrected chi connectivity index (χ2v) is 5.55. The van der Waals surface area contributed by atoms with E-state index in [4.69, 9.17) is 5.73 Å². The van der Waals surface area contributed by atoms with Gasteiger partial charge in [0.15, 0.2) is 0 Å². The third-order valence-electron chi connectivity index (χ3n) is 4.33. The molecule has 0 saturated carbocycles. The zero-order valence-corrected chi connectivity index (χ0v) is 11.4. The number of nitrogens with two attached hydrogens (primary N) is 1. The van der Waals surface area contributed by atoms with Gasteiger partial charge in [-0.05, 0) is 63.0 Å². The Morgan fingerprint density at radius 1 is 1.21 bits per heavy atom. The molecule has 1 aromatic heterocycles. The number of likely N-dealkylation sites (tertiary alicyclic amines) is 1. The summed E-state index contributed by atoms with van der Waals surface area (Å²) >= 11 is 0. The smallest absolute Gasteiger partial charge is 0.0456 e. The highest BCUT2D eigenvalue weighted by atomic mass is 15.1. The third-order valence-corrected chi connectivity index (χ3v) is 4.33. The van der Waals surface area contributed by atoms with Crippen LogP contribution >= 0.6 is 0 Å². The van der Waals surface area contributed by atoms with Gasteiger partial charge in [-0.15, -0.1) is 0 Å². The van der Waals surface area contributed by atoms with Crippen LogP contribution in [0.2, 0.25) is 0 Å². The van der Waals surface area contributed by atoms with Gasteiger partial charge in [0.25, 0.3) is 0 Å². The van der Waals surface area contributed by atoms with Crippen molar-refractivity contribution in [2.45, 2.75) is 25.2 Å². The number of aromatic nitrogens is 1. The fourth-order valence-corrected chi connectivity index (χ4v) is 3.21. The van der Waals surface area contributed by atoms with Gasteiger partial charge in [0.05, 0.1) is 0 Å². The predicted octanol–water partition coefficient (Wildman–Crippen LogP) is 2.70. The number of aromatic amines is 1. The van der Waals surface area contributed by atoms with Crippen LogP contribution < -0.4 is 5.73 Å². The van der Waals surface area contributed by atoms with E-state index in [1.54, 1.807) is 0 Å². The van der Waals surface area contributed by atoms with Gasteiger partial charge in [-0.25, -0.2) is 0 Å². The highest BCUT2D eigenvalue weighted by Gasteiger charge is 2.22. The molecule has 1 fully saturated rings. The van der Waals surface area contributed by atoms with Gasteiger partial charge in [-0.1, -0.05) is 18.2 Å². The summed E-state index contributed by atoms with van der Waals surface area (Å²) in [5.74, 6) is 0.713. The molecule has 0 unspecified atom stereocenters. The van der Waals surface area contributed by atoms with Crippen molar-refractivity contribution in [3.63, 3.8) is 0 Å². The standard InChI is InChI=1S/C16H23N3/c17-8-3-9-19-10-6-13(7-11-19)15-12-18-16-5-2-1-4-14(15)16/h1-2,4-5,12-13,18H,3,6-11,17H2. The van der Waals surface area contributed by atoms with Crippen molar-refractivity contribution in [1.82, 2.24) is 9.88 Å². The van der Waals surface area contributed by atoms with E-state index in [9.17, 15) is 0 Å². The lowest BCUT2D eigenvalue weighted by Gasteiger charge is -2.31. The van der Waals surface area contributed by atoms with E-state index in [1.807, 2.05) is 0 Å². The molecular formula is C16H23N3. The Kier molecular flexibility index (Phi) is 3.85. The molecule has 0 aliphatic carbocycles. The Bertz CT molecular complexity index is 524. The number of rotatable bonds is 4. The molecule has 3 N–H and O–H groups in total. The maximum absolute atomic E-state index is 5.58. The summed E-state index contributed by atoms with van der Waals surface area (Å²) in [4.78, 5) is 5.95. The fourth-order valence-electron chi connectivity index (χ4n) is 3.21. The van der Waals surface area contributed by atoms with Gasteiger partial charge in [-0.3, -0.25) is 0 Å². The van der Waals surface area contributed by atoms with Crippen molar-refractivity contribution in [3.8, 4) is 0 Å². The van der Waals surface area contributed by atoms with Gasteiger partial charge in [0.1, 0.15) is 0 Å². The minimum Gasteiger partial charge on any atom is -0.361 e. The Balaban J connectivity index is 1.68. The highest BCUT2D eigenvalue weighted by molar-refractivity contribution is 5.83. The number of para-hydroxylation sites is 1. The summed E-state index contributed by atoms with van der Waals surface area (Å²) in [7, 11) is 0. The van der Waals surface area contributed by atoms with E-state index in [1.165, 1.54) is 42.4 Å². The molecular weight excluding hydrogens is 234 g/mol. The van der Waals surface area contributed by atoms with Crippen molar-refractivity contribution < 1.29 is 0 Å².